The molecular formula is C20H18FN3O3. The number of nitrogens with zero attached hydrogens (tertiary/aromatic N) is 3. The van der Waals surface area contributed by atoms with Crippen LogP contribution in [0, 0.1) is 15.9 Å². The summed E-state index contributed by atoms with van der Waals surface area (Å²) in [6, 6.07) is 13.9. The molecule has 3 aromatic rings. The maximum Gasteiger partial charge on any atom is 0.270 e. The molecule has 0 aliphatic carbocycles. The normalized spacial score (nSPS) is 10.8. The SMILES string of the molecule is CC(C)c1cc(OCc2ccc(F)cc2)nc(-c2cccc([N+](=O)[O-])c2)n1. The standard InChI is InChI=1S/C20H18FN3O3/c1-13(2)18-11-19(27-12-14-6-8-16(21)9-7-14)23-20(22-18)15-4-3-5-17(10-15)24(25)26/h3-11,13H,12H2,1-2H3. The first-order chi connectivity index (χ1) is 12.9. The first-order valence-electron chi connectivity index (χ1n) is 8.43. The van der Waals surface area contributed by atoms with Gasteiger partial charge in [-0.05, 0) is 23.6 Å². The molecule has 0 spiro atoms. The molecule has 0 radical (unpaired) electrons. The molecule has 3 rings (SSSR count). The van der Waals surface area contributed by atoms with E-state index in [1.165, 1.54) is 24.3 Å². The summed E-state index contributed by atoms with van der Waals surface area (Å²) in [7, 11) is 0. The minimum atomic E-state index is -0.457. The molecule has 1 heterocycles. The van der Waals surface area contributed by atoms with Crippen molar-refractivity contribution in [3.05, 3.63) is 81.8 Å². The summed E-state index contributed by atoms with van der Waals surface area (Å²) in [5.74, 6) is 0.535. The second-order valence-corrected chi connectivity index (χ2v) is 6.33. The number of hydrogen-bond acceptors (Lipinski definition) is 5. The van der Waals surface area contributed by atoms with Crippen LogP contribution < -0.4 is 4.74 Å². The summed E-state index contributed by atoms with van der Waals surface area (Å²) in [6.45, 7) is 4.20. The number of halogens is 1. The number of non-ortho nitro benzene ring substituents is 1. The van der Waals surface area contributed by atoms with Gasteiger partial charge < -0.3 is 4.74 Å². The number of rotatable bonds is 6. The van der Waals surface area contributed by atoms with Gasteiger partial charge in [0.25, 0.3) is 5.69 Å². The topological polar surface area (TPSA) is 78.2 Å². The Morgan fingerprint density at radius 2 is 1.85 bits per heavy atom. The molecule has 0 bridgehead atoms. The van der Waals surface area contributed by atoms with Gasteiger partial charge in [-0.15, -0.1) is 0 Å². The lowest BCUT2D eigenvalue weighted by Gasteiger charge is -2.11. The van der Waals surface area contributed by atoms with Crippen molar-refractivity contribution >= 4 is 5.69 Å². The molecule has 2 aromatic carbocycles. The molecule has 0 amide bonds. The summed E-state index contributed by atoms with van der Waals surface area (Å²) < 4.78 is 18.8. The highest BCUT2D eigenvalue weighted by Gasteiger charge is 2.13. The Hall–Kier alpha value is -3.35. The van der Waals surface area contributed by atoms with Crippen LogP contribution >= 0.6 is 0 Å². The fourth-order valence-corrected chi connectivity index (χ4v) is 2.44. The zero-order chi connectivity index (χ0) is 19.4. The third-order valence-corrected chi connectivity index (χ3v) is 3.93. The molecule has 0 atom stereocenters. The predicted octanol–water partition coefficient (Wildman–Crippen LogP) is 4.89. The Bertz CT molecular complexity index is 959. The Balaban J connectivity index is 1.91. The monoisotopic (exact) mass is 367 g/mol. The summed E-state index contributed by atoms with van der Waals surface area (Å²) in [5, 5.41) is 11.0. The lowest BCUT2D eigenvalue weighted by Crippen LogP contribution is -2.03. The van der Waals surface area contributed by atoms with E-state index in [9.17, 15) is 14.5 Å². The van der Waals surface area contributed by atoms with Crippen LogP contribution in [0.3, 0.4) is 0 Å². The maximum atomic E-state index is 13.0. The van der Waals surface area contributed by atoms with E-state index < -0.39 is 4.92 Å². The highest BCUT2D eigenvalue weighted by atomic mass is 19.1. The van der Waals surface area contributed by atoms with Crippen LogP contribution in [0.5, 0.6) is 5.88 Å². The van der Waals surface area contributed by atoms with Crippen molar-refractivity contribution in [1.82, 2.24) is 9.97 Å². The highest BCUT2D eigenvalue weighted by molar-refractivity contribution is 5.59. The van der Waals surface area contributed by atoms with Crippen LogP contribution in [0.2, 0.25) is 0 Å². The Morgan fingerprint density at radius 3 is 2.52 bits per heavy atom. The Kier molecular flexibility index (Phi) is 5.40. The smallest absolute Gasteiger partial charge is 0.270 e. The van der Waals surface area contributed by atoms with Crippen LogP contribution in [0.1, 0.15) is 31.0 Å². The molecule has 0 unspecified atom stereocenters. The molecular weight excluding hydrogens is 349 g/mol. The highest BCUT2D eigenvalue weighted by Crippen LogP contribution is 2.26. The average molecular weight is 367 g/mol. The molecule has 0 N–H and O–H groups in total. The molecule has 27 heavy (non-hydrogen) atoms. The van der Waals surface area contributed by atoms with E-state index in [1.807, 2.05) is 13.8 Å². The van der Waals surface area contributed by atoms with Crippen LogP contribution in [-0.2, 0) is 6.61 Å². The number of nitro groups is 1. The maximum absolute atomic E-state index is 13.0. The lowest BCUT2D eigenvalue weighted by molar-refractivity contribution is -0.384. The second-order valence-electron chi connectivity index (χ2n) is 6.33. The zero-order valence-electron chi connectivity index (χ0n) is 14.9. The Labute approximate surface area is 155 Å². The van der Waals surface area contributed by atoms with Gasteiger partial charge >= 0.3 is 0 Å². The van der Waals surface area contributed by atoms with Gasteiger partial charge in [0, 0.05) is 23.8 Å². The molecule has 0 fully saturated rings. The van der Waals surface area contributed by atoms with E-state index in [4.69, 9.17) is 4.74 Å². The Morgan fingerprint density at radius 1 is 1.11 bits per heavy atom. The van der Waals surface area contributed by atoms with E-state index in [2.05, 4.69) is 9.97 Å². The van der Waals surface area contributed by atoms with Crippen molar-refractivity contribution in [2.75, 3.05) is 0 Å². The minimum Gasteiger partial charge on any atom is -0.473 e. The van der Waals surface area contributed by atoms with Crippen molar-refractivity contribution < 1.29 is 14.1 Å². The summed E-state index contributed by atoms with van der Waals surface area (Å²) in [6.07, 6.45) is 0. The molecule has 6 nitrogen and oxygen atoms in total. The lowest BCUT2D eigenvalue weighted by atomic mass is 10.1. The third-order valence-electron chi connectivity index (χ3n) is 3.93. The number of aromatic nitrogens is 2. The van der Waals surface area contributed by atoms with Crippen molar-refractivity contribution in [2.45, 2.75) is 26.4 Å². The molecule has 1 aromatic heterocycles. The molecule has 7 heteroatoms. The van der Waals surface area contributed by atoms with E-state index in [0.29, 0.717) is 17.3 Å². The molecule has 138 valence electrons. The van der Waals surface area contributed by atoms with Crippen molar-refractivity contribution in [3.8, 4) is 17.3 Å². The third kappa shape index (κ3) is 4.63. The van der Waals surface area contributed by atoms with Gasteiger partial charge in [0.05, 0.1) is 10.6 Å². The van der Waals surface area contributed by atoms with Gasteiger partial charge in [0.2, 0.25) is 5.88 Å². The number of ether oxygens (including phenoxy) is 1. The number of hydrogen-bond donors (Lipinski definition) is 0. The van der Waals surface area contributed by atoms with Gasteiger partial charge in [-0.3, -0.25) is 10.1 Å². The van der Waals surface area contributed by atoms with E-state index in [1.54, 1.807) is 30.3 Å². The zero-order valence-corrected chi connectivity index (χ0v) is 14.9. The van der Waals surface area contributed by atoms with Crippen LogP contribution in [0.4, 0.5) is 10.1 Å². The number of benzene rings is 2. The van der Waals surface area contributed by atoms with E-state index >= 15 is 0 Å². The first-order valence-corrected chi connectivity index (χ1v) is 8.43. The van der Waals surface area contributed by atoms with Gasteiger partial charge in [-0.1, -0.05) is 38.1 Å². The molecule has 0 aliphatic heterocycles. The second kappa shape index (κ2) is 7.90. The first kappa shape index (κ1) is 18.4. The van der Waals surface area contributed by atoms with Gasteiger partial charge in [0.15, 0.2) is 5.82 Å². The van der Waals surface area contributed by atoms with E-state index in [-0.39, 0.29) is 24.0 Å². The van der Waals surface area contributed by atoms with Crippen LogP contribution in [0.15, 0.2) is 54.6 Å². The average Bonchev–Trinajstić information content (AvgIpc) is 2.67. The molecule has 0 saturated heterocycles. The number of nitro benzene ring substituents is 1. The van der Waals surface area contributed by atoms with Crippen LogP contribution in [-0.4, -0.2) is 14.9 Å². The van der Waals surface area contributed by atoms with Crippen LogP contribution in [0.25, 0.3) is 11.4 Å². The molecule has 0 saturated carbocycles. The fourth-order valence-electron chi connectivity index (χ4n) is 2.44. The summed E-state index contributed by atoms with van der Waals surface area (Å²) in [4.78, 5) is 19.5. The van der Waals surface area contributed by atoms with Gasteiger partial charge in [-0.2, -0.15) is 4.98 Å². The van der Waals surface area contributed by atoms with Crippen molar-refractivity contribution in [2.24, 2.45) is 0 Å². The fraction of sp³-hybridized carbons (Fsp3) is 0.200. The minimum absolute atomic E-state index is 0.0279. The predicted molar refractivity (Wildman–Crippen MR) is 98.9 cm³/mol. The van der Waals surface area contributed by atoms with Crippen molar-refractivity contribution in [1.29, 1.82) is 0 Å². The van der Waals surface area contributed by atoms with E-state index in [0.717, 1.165) is 11.3 Å². The quantitative estimate of drug-likeness (QED) is 0.458. The molecule has 0 aliphatic rings. The van der Waals surface area contributed by atoms with Crippen molar-refractivity contribution in [3.63, 3.8) is 0 Å². The van der Waals surface area contributed by atoms with Gasteiger partial charge in [-0.25, -0.2) is 9.37 Å². The largest absolute Gasteiger partial charge is 0.473 e. The van der Waals surface area contributed by atoms with Gasteiger partial charge in [0.1, 0.15) is 12.4 Å². The summed E-state index contributed by atoms with van der Waals surface area (Å²) in [5.41, 5.74) is 2.08. The summed E-state index contributed by atoms with van der Waals surface area (Å²) >= 11 is 0.